The van der Waals surface area contributed by atoms with Crippen molar-refractivity contribution in [3.8, 4) is 11.5 Å². The summed E-state index contributed by atoms with van der Waals surface area (Å²) in [4.78, 5) is 0. The van der Waals surface area contributed by atoms with Gasteiger partial charge in [0, 0.05) is 0 Å². The zero-order valence-electron chi connectivity index (χ0n) is 19.6. The molecule has 1 nitrogen and oxygen atoms in total. The molecule has 0 spiro atoms. The maximum Gasteiger partial charge on any atom is 0.128 e. The standard InChI is InChI=1S/C28H38O/c1-9-11-13-21-19-23(15-17-25(21)27(3,4)5)29-24-16-18-26(28(6,7)8)22(20-24)14-12-10-2/h11-20H,9-10H2,1-8H3. The largest absolute Gasteiger partial charge is 0.457 e. The lowest BCUT2D eigenvalue weighted by molar-refractivity contribution is 0.480. The van der Waals surface area contributed by atoms with Crippen molar-refractivity contribution in [3.63, 3.8) is 0 Å². The van der Waals surface area contributed by atoms with Crippen molar-refractivity contribution in [2.24, 2.45) is 0 Å². The topological polar surface area (TPSA) is 9.23 Å². The van der Waals surface area contributed by atoms with Crippen LogP contribution in [0.4, 0.5) is 0 Å². The van der Waals surface area contributed by atoms with Gasteiger partial charge in [0.05, 0.1) is 0 Å². The maximum atomic E-state index is 6.29. The van der Waals surface area contributed by atoms with Crippen LogP contribution < -0.4 is 4.74 Å². The van der Waals surface area contributed by atoms with E-state index in [0.717, 1.165) is 24.3 Å². The van der Waals surface area contributed by atoms with Gasteiger partial charge in [0.25, 0.3) is 0 Å². The van der Waals surface area contributed by atoms with E-state index in [0.29, 0.717) is 0 Å². The van der Waals surface area contributed by atoms with E-state index in [2.05, 4.69) is 116 Å². The van der Waals surface area contributed by atoms with Gasteiger partial charge in [0.1, 0.15) is 11.5 Å². The van der Waals surface area contributed by atoms with Crippen LogP contribution in [0.3, 0.4) is 0 Å². The molecule has 0 aliphatic carbocycles. The number of allylic oxidation sites excluding steroid dienone is 2. The molecule has 0 aromatic heterocycles. The van der Waals surface area contributed by atoms with Crippen LogP contribution in [-0.2, 0) is 10.8 Å². The highest BCUT2D eigenvalue weighted by atomic mass is 16.5. The van der Waals surface area contributed by atoms with Crippen LogP contribution in [0.5, 0.6) is 11.5 Å². The Morgan fingerprint density at radius 1 is 0.655 bits per heavy atom. The van der Waals surface area contributed by atoms with Gasteiger partial charge in [-0.15, -0.1) is 0 Å². The first kappa shape index (κ1) is 23.0. The summed E-state index contributed by atoms with van der Waals surface area (Å²) in [5.41, 5.74) is 5.33. The molecule has 156 valence electrons. The van der Waals surface area contributed by atoms with Gasteiger partial charge in [-0.2, -0.15) is 0 Å². The second-order valence-corrected chi connectivity index (χ2v) is 9.72. The summed E-state index contributed by atoms with van der Waals surface area (Å²) >= 11 is 0. The highest BCUT2D eigenvalue weighted by molar-refractivity contribution is 5.60. The Bertz CT molecular complexity index is 797. The molecule has 2 rings (SSSR count). The van der Waals surface area contributed by atoms with Crippen molar-refractivity contribution in [2.45, 2.75) is 79.1 Å². The Balaban J connectivity index is 2.43. The summed E-state index contributed by atoms with van der Waals surface area (Å²) in [6, 6.07) is 12.9. The first-order chi connectivity index (χ1) is 13.6. The van der Waals surface area contributed by atoms with Crippen molar-refractivity contribution >= 4 is 12.2 Å². The van der Waals surface area contributed by atoms with Gasteiger partial charge < -0.3 is 4.74 Å². The van der Waals surface area contributed by atoms with Crippen molar-refractivity contribution in [3.05, 3.63) is 70.8 Å². The predicted octanol–water partition coefficient (Wildman–Crippen LogP) is 8.92. The monoisotopic (exact) mass is 390 g/mol. The molecule has 0 atom stereocenters. The lowest BCUT2D eigenvalue weighted by atomic mass is 9.83. The molecule has 29 heavy (non-hydrogen) atoms. The molecule has 2 aromatic carbocycles. The highest BCUT2D eigenvalue weighted by Crippen LogP contribution is 2.34. The highest BCUT2D eigenvalue weighted by Gasteiger charge is 2.19. The minimum atomic E-state index is 0.0957. The molecule has 0 aliphatic heterocycles. The average molecular weight is 391 g/mol. The zero-order chi connectivity index (χ0) is 21.7. The lowest BCUT2D eigenvalue weighted by Gasteiger charge is -2.23. The van der Waals surface area contributed by atoms with E-state index in [1.165, 1.54) is 22.3 Å². The van der Waals surface area contributed by atoms with E-state index in [4.69, 9.17) is 4.74 Å². The smallest absolute Gasteiger partial charge is 0.128 e. The minimum Gasteiger partial charge on any atom is -0.457 e. The van der Waals surface area contributed by atoms with E-state index in [1.54, 1.807) is 0 Å². The van der Waals surface area contributed by atoms with Gasteiger partial charge in [0.15, 0.2) is 0 Å². The molecule has 1 heteroatoms. The van der Waals surface area contributed by atoms with Crippen molar-refractivity contribution in [1.82, 2.24) is 0 Å². The fourth-order valence-electron chi connectivity index (χ4n) is 3.48. The predicted molar refractivity (Wildman–Crippen MR) is 129 cm³/mol. The first-order valence-corrected chi connectivity index (χ1v) is 10.9. The summed E-state index contributed by atoms with van der Waals surface area (Å²) < 4.78 is 6.29. The number of benzene rings is 2. The fourth-order valence-corrected chi connectivity index (χ4v) is 3.48. The van der Waals surface area contributed by atoms with Crippen LogP contribution in [0.25, 0.3) is 12.2 Å². The second kappa shape index (κ2) is 9.48. The Hall–Kier alpha value is -2.28. The normalized spacial score (nSPS) is 12.8. The SMILES string of the molecule is CCC=Cc1cc(Oc2ccc(C(C)(C)C)c(C=CCC)c2)ccc1C(C)(C)C. The molecule has 0 bridgehead atoms. The van der Waals surface area contributed by atoms with Crippen molar-refractivity contribution < 1.29 is 4.74 Å². The van der Waals surface area contributed by atoms with Crippen LogP contribution in [0.2, 0.25) is 0 Å². The van der Waals surface area contributed by atoms with Crippen LogP contribution in [-0.4, -0.2) is 0 Å². The van der Waals surface area contributed by atoms with Gasteiger partial charge in [-0.1, -0.05) is 91.8 Å². The first-order valence-electron chi connectivity index (χ1n) is 10.9. The third-order valence-corrected chi connectivity index (χ3v) is 4.96. The maximum absolute atomic E-state index is 6.29. The average Bonchev–Trinajstić information content (AvgIpc) is 2.63. The van der Waals surface area contributed by atoms with E-state index in [1.807, 2.05) is 0 Å². The molecule has 0 radical (unpaired) electrons. The van der Waals surface area contributed by atoms with Crippen LogP contribution in [0.15, 0.2) is 48.6 Å². The fraction of sp³-hybridized carbons (Fsp3) is 0.429. The van der Waals surface area contributed by atoms with Crippen LogP contribution in [0.1, 0.15) is 90.5 Å². The molecule has 2 aromatic rings. The van der Waals surface area contributed by atoms with Crippen LogP contribution >= 0.6 is 0 Å². The number of ether oxygens (including phenoxy) is 1. The molecule has 0 fully saturated rings. The van der Waals surface area contributed by atoms with Gasteiger partial charge in [-0.25, -0.2) is 0 Å². The Labute approximate surface area is 178 Å². The van der Waals surface area contributed by atoms with Gasteiger partial charge in [-0.3, -0.25) is 0 Å². The van der Waals surface area contributed by atoms with Crippen molar-refractivity contribution in [2.75, 3.05) is 0 Å². The molecule has 0 N–H and O–H groups in total. The number of rotatable bonds is 6. The molecular weight excluding hydrogens is 352 g/mol. The van der Waals surface area contributed by atoms with E-state index in [9.17, 15) is 0 Å². The molecule has 0 unspecified atom stereocenters. The molecule has 0 aliphatic rings. The number of hydrogen-bond donors (Lipinski definition) is 0. The van der Waals surface area contributed by atoms with Crippen molar-refractivity contribution in [1.29, 1.82) is 0 Å². The molecule has 0 amide bonds. The summed E-state index contributed by atoms with van der Waals surface area (Å²) in [6.45, 7) is 17.8. The molecular formula is C28H38O. The quantitative estimate of drug-likeness (QED) is 0.478. The summed E-state index contributed by atoms with van der Waals surface area (Å²) in [5.74, 6) is 1.75. The molecule has 0 heterocycles. The summed E-state index contributed by atoms with van der Waals surface area (Å²) in [5, 5.41) is 0. The third kappa shape index (κ3) is 6.35. The second-order valence-electron chi connectivity index (χ2n) is 9.72. The molecule has 0 saturated carbocycles. The Morgan fingerprint density at radius 2 is 1.03 bits per heavy atom. The summed E-state index contributed by atoms with van der Waals surface area (Å²) in [6.07, 6.45) is 10.9. The molecule has 0 saturated heterocycles. The Kier molecular flexibility index (Phi) is 7.52. The summed E-state index contributed by atoms with van der Waals surface area (Å²) in [7, 11) is 0. The number of hydrogen-bond acceptors (Lipinski definition) is 1. The Morgan fingerprint density at radius 3 is 1.34 bits per heavy atom. The van der Waals surface area contributed by atoms with E-state index < -0.39 is 0 Å². The van der Waals surface area contributed by atoms with Crippen LogP contribution in [0, 0.1) is 0 Å². The van der Waals surface area contributed by atoms with Gasteiger partial charge in [0.2, 0.25) is 0 Å². The van der Waals surface area contributed by atoms with Gasteiger partial charge >= 0.3 is 0 Å². The van der Waals surface area contributed by atoms with Gasteiger partial charge in [-0.05, 0) is 70.2 Å². The van der Waals surface area contributed by atoms with E-state index >= 15 is 0 Å². The lowest BCUT2D eigenvalue weighted by Crippen LogP contribution is -2.13. The minimum absolute atomic E-state index is 0.0957. The van der Waals surface area contributed by atoms with E-state index in [-0.39, 0.29) is 10.8 Å². The zero-order valence-corrected chi connectivity index (χ0v) is 19.6. The third-order valence-electron chi connectivity index (χ3n) is 4.96.